The van der Waals surface area contributed by atoms with E-state index in [-0.39, 0.29) is 11.5 Å². The highest BCUT2D eigenvalue weighted by Crippen LogP contribution is 1.99. The number of aryl methyl sites for hydroxylation is 1. The highest BCUT2D eigenvalue weighted by molar-refractivity contribution is 5.94. The zero-order chi connectivity index (χ0) is 13.7. The van der Waals surface area contributed by atoms with Gasteiger partial charge in [0.25, 0.3) is 5.91 Å². The average Bonchev–Trinajstić information content (AvgIpc) is 2.38. The number of amides is 1. The number of hydrogen-bond acceptors (Lipinski definition) is 3. The molecule has 98 valence electrons. The number of rotatable bonds is 4. The first-order valence-corrected chi connectivity index (χ1v) is 6.03. The molecule has 2 aromatic rings. The Balaban J connectivity index is 1.93. The Hall–Kier alpha value is -2.43. The molecule has 0 aliphatic rings. The van der Waals surface area contributed by atoms with E-state index in [2.05, 4.69) is 15.3 Å². The number of nitrogens with one attached hydrogen (secondary N) is 2. The molecular formula is C14H15N3O2. The lowest BCUT2D eigenvalue weighted by molar-refractivity contribution is 0.0954. The van der Waals surface area contributed by atoms with E-state index in [9.17, 15) is 9.59 Å². The summed E-state index contributed by atoms with van der Waals surface area (Å²) in [7, 11) is 0. The van der Waals surface area contributed by atoms with Gasteiger partial charge in [0.05, 0.1) is 0 Å². The molecule has 0 spiro atoms. The van der Waals surface area contributed by atoms with Crippen LogP contribution in [0.2, 0.25) is 0 Å². The van der Waals surface area contributed by atoms with E-state index in [4.69, 9.17) is 0 Å². The first-order chi connectivity index (χ1) is 9.15. The smallest absolute Gasteiger partial charge is 0.251 e. The number of aromatic nitrogens is 2. The minimum absolute atomic E-state index is 0.233. The summed E-state index contributed by atoms with van der Waals surface area (Å²) in [6, 6.07) is 6.77. The van der Waals surface area contributed by atoms with Crippen LogP contribution in [0.25, 0.3) is 0 Å². The van der Waals surface area contributed by atoms with Crippen LogP contribution >= 0.6 is 0 Å². The lowest BCUT2D eigenvalue weighted by Crippen LogP contribution is -2.27. The van der Waals surface area contributed by atoms with Crippen molar-refractivity contribution in [2.45, 2.75) is 13.3 Å². The molecule has 0 aromatic carbocycles. The third-order valence-corrected chi connectivity index (χ3v) is 2.69. The average molecular weight is 257 g/mol. The molecule has 1 amide bonds. The minimum Gasteiger partial charge on any atom is -0.352 e. The molecule has 0 atom stereocenters. The van der Waals surface area contributed by atoms with E-state index >= 15 is 0 Å². The van der Waals surface area contributed by atoms with Gasteiger partial charge in [0.2, 0.25) is 5.56 Å². The first kappa shape index (κ1) is 13.0. The van der Waals surface area contributed by atoms with Crippen molar-refractivity contribution in [2.75, 3.05) is 6.54 Å². The molecule has 0 bridgehead atoms. The van der Waals surface area contributed by atoms with Gasteiger partial charge in [-0.25, -0.2) is 0 Å². The molecule has 0 unspecified atom stereocenters. The maximum Gasteiger partial charge on any atom is 0.251 e. The minimum atomic E-state index is -0.265. The lowest BCUT2D eigenvalue weighted by Gasteiger charge is -2.05. The second kappa shape index (κ2) is 5.95. The Morgan fingerprint density at radius 2 is 2.05 bits per heavy atom. The molecule has 5 heteroatoms. The van der Waals surface area contributed by atoms with Crippen LogP contribution in [-0.2, 0) is 6.42 Å². The van der Waals surface area contributed by atoms with Crippen LogP contribution in [0.1, 0.15) is 21.6 Å². The van der Waals surface area contributed by atoms with Crippen molar-refractivity contribution >= 4 is 5.91 Å². The molecule has 2 heterocycles. The number of pyridine rings is 2. The van der Waals surface area contributed by atoms with Gasteiger partial charge < -0.3 is 10.3 Å². The standard InChI is InChI=1S/C14H15N3O2/c1-10-8-12(9-13(18)17-10)14(19)16-7-4-11-2-5-15-6-3-11/h2-3,5-6,8-9H,4,7H2,1H3,(H,16,19)(H,17,18). The molecule has 0 saturated carbocycles. The molecule has 5 nitrogen and oxygen atoms in total. The van der Waals surface area contributed by atoms with Crippen molar-refractivity contribution < 1.29 is 4.79 Å². The summed E-state index contributed by atoms with van der Waals surface area (Å²) in [5.74, 6) is -0.233. The Bertz CT molecular complexity index is 620. The van der Waals surface area contributed by atoms with Crippen molar-refractivity contribution in [1.29, 1.82) is 0 Å². The van der Waals surface area contributed by atoms with Crippen molar-refractivity contribution in [2.24, 2.45) is 0 Å². The normalized spacial score (nSPS) is 10.2. The fourth-order valence-corrected chi connectivity index (χ4v) is 1.79. The maximum atomic E-state index is 11.9. The van der Waals surface area contributed by atoms with Gasteiger partial charge in [-0.1, -0.05) is 0 Å². The summed E-state index contributed by atoms with van der Waals surface area (Å²) in [6.07, 6.45) is 4.17. The maximum absolute atomic E-state index is 11.9. The van der Waals surface area contributed by atoms with E-state index in [0.717, 1.165) is 12.0 Å². The predicted octanol–water partition coefficient (Wildman–Crippen LogP) is 1.05. The number of carbonyl (C=O) groups is 1. The molecule has 2 rings (SSSR count). The molecule has 0 aliphatic carbocycles. The molecule has 0 radical (unpaired) electrons. The lowest BCUT2D eigenvalue weighted by atomic mass is 10.2. The zero-order valence-corrected chi connectivity index (χ0v) is 10.6. The van der Waals surface area contributed by atoms with Gasteiger partial charge in [-0.05, 0) is 37.1 Å². The summed E-state index contributed by atoms with van der Waals surface area (Å²) in [5.41, 5.74) is 1.90. The van der Waals surface area contributed by atoms with Gasteiger partial charge >= 0.3 is 0 Å². The molecule has 19 heavy (non-hydrogen) atoms. The van der Waals surface area contributed by atoms with E-state index in [1.807, 2.05) is 12.1 Å². The number of H-pyrrole nitrogens is 1. The highest BCUT2D eigenvalue weighted by atomic mass is 16.2. The monoisotopic (exact) mass is 257 g/mol. The fraction of sp³-hybridized carbons (Fsp3) is 0.214. The third-order valence-electron chi connectivity index (χ3n) is 2.69. The van der Waals surface area contributed by atoms with Gasteiger partial charge in [-0.3, -0.25) is 14.6 Å². The fourth-order valence-electron chi connectivity index (χ4n) is 1.79. The summed E-state index contributed by atoms with van der Waals surface area (Å²) < 4.78 is 0. The second-order valence-corrected chi connectivity index (χ2v) is 4.28. The van der Waals surface area contributed by atoms with Crippen molar-refractivity contribution in [3.63, 3.8) is 0 Å². The first-order valence-electron chi connectivity index (χ1n) is 6.03. The molecule has 0 fully saturated rings. The zero-order valence-electron chi connectivity index (χ0n) is 10.6. The van der Waals surface area contributed by atoms with Crippen LogP contribution in [0.15, 0.2) is 41.5 Å². The Kier molecular flexibility index (Phi) is 4.07. The van der Waals surface area contributed by atoms with Crippen molar-refractivity contribution in [3.8, 4) is 0 Å². The molecule has 0 aliphatic heterocycles. The van der Waals surface area contributed by atoms with Gasteiger partial charge in [0.15, 0.2) is 0 Å². The summed E-state index contributed by atoms with van der Waals surface area (Å²) in [4.78, 5) is 29.7. The quantitative estimate of drug-likeness (QED) is 0.859. The molecule has 2 N–H and O–H groups in total. The largest absolute Gasteiger partial charge is 0.352 e. The Labute approximate surface area is 110 Å². The van der Waals surface area contributed by atoms with E-state index < -0.39 is 0 Å². The van der Waals surface area contributed by atoms with Crippen LogP contribution in [0.4, 0.5) is 0 Å². The summed E-state index contributed by atoms with van der Waals surface area (Å²) in [6.45, 7) is 2.27. The number of nitrogens with zero attached hydrogens (tertiary/aromatic N) is 1. The van der Waals surface area contributed by atoms with Crippen molar-refractivity contribution in [1.82, 2.24) is 15.3 Å². The van der Waals surface area contributed by atoms with Gasteiger partial charge in [0.1, 0.15) is 0 Å². The SMILES string of the molecule is Cc1cc(C(=O)NCCc2ccncc2)cc(=O)[nH]1. The van der Waals surface area contributed by atoms with Crippen LogP contribution < -0.4 is 10.9 Å². The van der Waals surface area contributed by atoms with E-state index in [0.29, 0.717) is 17.8 Å². The summed E-state index contributed by atoms with van der Waals surface area (Å²) >= 11 is 0. The van der Waals surface area contributed by atoms with Crippen LogP contribution in [0.5, 0.6) is 0 Å². The van der Waals surface area contributed by atoms with E-state index in [1.54, 1.807) is 25.4 Å². The van der Waals surface area contributed by atoms with Crippen LogP contribution in [0.3, 0.4) is 0 Å². The Morgan fingerprint density at radius 3 is 2.74 bits per heavy atom. The summed E-state index contributed by atoms with van der Waals surface area (Å²) in [5, 5.41) is 2.79. The van der Waals surface area contributed by atoms with E-state index in [1.165, 1.54) is 6.07 Å². The van der Waals surface area contributed by atoms with Crippen LogP contribution in [-0.4, -0.2) is 22.4 Å². The third kappa shape index (κ3) is 3.77. The molecule has 2 aromatic heterocycles. The van der Waals surface area contributed by atoms with Gasteiger partial charge in [-0.2, -0.15) is 0 Å². The molecule has 0 saturated heterocycles. The number of hydrogen-bond donors (Lipinski definition) is 2. The van der Waals surface area contributed by atoms with Crippen molar-refractivity contribution in [3.05, 3.63) is 63.8 Å². The highest BCUT2D eigenvalue weighted by Gasteiger charge is 2.06. The molecular weight excluding hydrogens is 242 g/mol. The second-order valence-electron chi connectivity index (χ2n) is 4.28. The van der Waals surface area contributed by atoms with Crippen LogP contribution in [0, 0.1) is 6.92 Å². The number of aromatic amines is 1. The Morgan fingerprint density at radius 1 is 1.32 bits per heavy atom. The van der Waals surface area contributed by atoms with Gasteiger partial charge in [-0.15, -0.1) is 0 Å². The predicted molar refractivity (Wildman–Crippen MR) is 72.1 cm³/mol. The number of carbonyl (C=O) groups excluding carboxylic acids is 1. The van der Waals surface area contributed by atoms with Gasteiger partial charge in [0, 0.05) is 36.3 Å². The topological polar surface area (TPSA) is 74.8 Å².